The summed E-state index contributed by atoms with van der Waals surface area (Å²) in [6.45, 7) is 1.75. The molecule has 3 saturated heterocycles. The van der Waals surface area contributed by atoms with E-state index in [4.69, 9.17) is 28.4 Å². The van der Waals surface area contributed by atoms with E-state index >= 15 is 0 Å². The average molecular weight is 1330 g/mol. The van der Waals surface area contributed by atoms with Crippen LogP contribution in [0.5, 0.6) is 0 Å². The van der Waals surface area contributed by atoms with Crippen LogP contribution in [0.25, 0.3) is 0 Å². The molecule has 17 atom stereocenters. The van der Waals surface area contributed by atoms with Gasteiger partial charge in [0.05, 0.1) is 38.6 Å². The highest BCUT2D eigenvalue weighted by Crippen LogP contribution is 2.33. The van der Waals surface area contributed by atoms with Crippen LogP contribution in [0.3, 0.4) is 0 Å². The zero-order valence-corrected chi connectivity index (χ0v) is 58.0. The van der Waals surface area contributed by atoms with Gasteiger partial charge in [-0.3, -0.25) is 4.79 Å². The van der Waals surface area contributed by atoms with E-state index in [1.807, 2.05) is 6.08 Å². The predicted molar refractivity (Wildman–Crippen MR) is 365 cm³/mol. The van der Waals surface area contributed by atoms with Gasteiger partial charge in [-0.2, -0.15) is 0 Å². The Balaban J connectivity index is 1.41. The van der Waals surface area contributed by atoms with Crippen molar-refractivity contribution >= 4 is 5.91 Å². The molecular weight excluding hydrogens is 1190 g/mol. The van der Waals surface area contributed by atoms with Gasteiger partial charge in [-0.05, 0) is 44.9 Å². The van der Waals surface area contributed by atoms with Crippen LogP contribution in [0.15, 0.2) is 36.5 Å². The lowest BCUT2D eigenvalue weighted by atomic mass is 9.96. The van der Waals surface area contributed by atoms with Crippen LogP contribution >= 0.6 is 0 Å². The van der Waals surface area contributed by atoms with E-state index in [9.17, 15) is 61.0 Å². The van der Waals surface area contributed by atoms with E-state index in [0.29, 0.717) is 12.8 Å². The van der Waals surface area contributed by atoms with Gasteiger partial charge in [-0.15, -0.1) is 0 Å². The first-order chi connectivity index (χ1) is 45.3. The SMILES string of the molecule is CCCCCCCCCCCC/C=C/CC/C=C/CC/C=C/C(O)C(COC1OC(CO)C(OC2OC(CO)C(OC3OC(CO)C(O)C(O)C3O)C(O)C2O)C(O)C1O)NC(=O)CCCCCCCCCCCCCCCCCCCCCCCCCCCCCC. The molecule has 3 aliphatic heterocycles. The van der Waals surface area contributed by atoms with Gasteiger partial charge < -0.3 is 89.9 Å². The summed E-state index contributed by atoms with van der Waals surface area (Å²) < 4.78 is 34.4. The Labute approximate surface area is 561 Å². The number of hydrogen-bond donors (Lipinski definition) is 12. The number of carbonyl (C=O) groups is 1. The summed E-state index contributed by atoms with van der Waals surface area (Å²) in [4.78, 5) is 13.4. The summed E-state index contributed by atoms with van der Waals surface area (Å²) in [6.07, 6.45) is 39.9. The van der Waals surface area contributed by atoms with Gasteiger partial charge in [0.25, 0.3) is 0 Å². The first-order valence-electron chi connectivity index (χ1n) is 37.7. The number of aliphatic hydroxyl groups excluding tert-OH is 11. The Morgan fingerprint density at radius 3 is 1.08 bits per heavy atom. The molecule has 0 saturated carbocycles. The van der Waals surface area contributed by atoms with Crippen LogP contribution in [0.1, 0.15) is 296 Å². The van der Waals surface area contributed by atoms with E-state index < -0.39 is 124 Å². The molecule has 19 heteroatoms. The summed E-state index contributed by atoms with van der Waals surface area (Å²) in [5, 5.41) is 121. The van der Waals surface area contributed by atoms with Gasteiger partial charge in [0.2, 0.25) is 5.91 Å². The number of rotatable bonds is 59. The highest BCUT2D eigenvalue weighted by molar-refractivity contribution is 5.76. The third kappa shape index (κ3) is 37.1. The molecule has 19 nitrogen and oxygen atoms in total. The van der Waals surface area contributed by atoms with E-state index in [1.165, 1.54) is 218 Å². The summed E-state index contributed by atoms with van der Waals surface area (Å²) in [6, 6.07) is -0.995. The molecule has 3 fully saturated rings. The third-order valence-electron chi connectivity index (χ3n) is 18.9. The van der Waals surface area contributed by atoms with Crippen molar-refractivity contribution in [2.75, 3.05) is 26.4 Å². The van der Waals surface area contributed by atoms with Crippen LogP contribution in [-0.2, 0) is 33.2 Å². The van der Waals surface area contributed by atoms with E-state index in [-0.39, 0.29) is 18.9 Å². The summed E-state index contributed by atoms with van der Waals surface area (Å²) in [5.41, 5.74) is 0. The number of ether oxygens (including phenoxy) is 6. The van der Waals surface area contributed by atoms with Crippen molar-refractivity contribution in [3.05, 3.63) is 36.5 Å². The first kappa shape index (κ1) is 85.2. The van der Waals surface area contributed by atoms with Gasteiger partial charge in [0, 0.05) is 6.42 Å². The van der Waals surface area contributed by atoms with Crippen molar-refractivity contribution in [3.63, 3.8) is 0 Å². The molecule has 3 aliphatic rings. The van der Waals surface area contributed by atoms with Crippen LogP contribution in [0.4, 0.5) is 0 Å². The molecule has 0 radical (unpaired) electrons. The second-order valence-corrected chi connectivity index (χ2v) is 27.1. The maximum Gasteiger partial charge on any atom is 0.220 e. The van der Waals surface area contributed by atoms with Crippen molar-refractivity contribution < 1.29 is 89.4 Å². The molecule has 17 unspecified atom stereocenters. The highest BCUT2D eigenvalue weighted by Gasteiger charge is 2.53. The molecule has 3 rings (SSSR count). The molecule has 0 spiro atoms. The highest BCUT2D eigenvalue weighted by atomic mass is 16.8. The standard InChI is InChI=1S/C74H137NO18/c1-3-5-7-9-11-13-15-17-19-21-23-25-26-27-28-29-30-31-32-34-36-38-40-42-44-46-48-50-52-62(80)75-57(58(79)51-49-47-45-43-41-39-37-35-33-24-22-20-18-16-14-12-10-8-6-4-2)56-88-72-68(86)65(83)70(60(54-77)90-72)93-74-69(87)66(84)71(61(55-78)91-74)92-73-67(85)64(82)63(81)59(53-76)89-73/h33,35,41,43,49,51,57-61,63-74,76-79,81-87H,3-32,34,36-40,42,44-48,50,52-56H2,1-2H3,(H,75,80)/b35-33+,43-41+,51-49+. The normalized spacial score (nSPS) is 27.7. The fourth-order valence-electron chi connectivity index (χ4n) is 12.8. The number of aliphatic hydroxyl groups is 11. The monoisotopic (exact) mass is 1330 g/mol. The molecule has 0 aliphatic carbocycles. The molecular formula is C74H137NO18. The predicted octanol–water partition coefficient (Wildman–Crippen LogP) is 11.2. The number of amides is 1. The topological polar surface area (TPSA) is 307 Å². The third-order valence-corrected chi connectivity index (χ3v) is 18.9. The number of unbranched alkanes of at least 4 members (excludes halogenated alkanes) is 39. The smallest absolute Gasteiger partial charge is 0.220 e. The largest absolute Gasteiger partial charge is 0.394 e. The van der Waals surface area contributed by atoms with E-state index in [2.05, 4.69) is 43.5 Å². The second kappa shape index (κ2) is 55.8. The van der Waals surface area contributed by atoms with Crippen molar-refractivity contribution in [1.29, 1.82) is 0 Å². The fourth-order valence-corrected chi connectivity index (χ4v) is 12.8. The molecule has 93 heavy (non-hydrogen) atoms. The lowest BCUT2D eigenvalue weighted by Crippen LogP contribution is -2.66. The number of allylic oxidation sites excluding steroid dienone is 5. The number of carbonyl (C=O) groups excluding carboxylic acids is 1. The quantitative estimate of drug-likeness (QED) is 0.0199. The molecule has 0 aromatic heterocycles. The van der Waals surface area contributed by atoms with Crippen LogP contribution in [0, 0.1) is 0 Å². The van der Waals surface area contributed by atoms with E-state index in [1.54, 1.807) is 6.08 Å². The van der Waals surface area contributed by atoms with Gasteiger partial charge in [0.1, 0.15) is 73.2 Å². The Kier molecular flexibility index (Phi) is 51.2. The summed E-state index contributed by atoms with van der Waals surface area (Å²) >= 11 is 0. The van der Waals surface area contributed by atoms with Gasteiger partial charge in [-0.1, -0.05) is 281 Å². The summed E-state index contributed by atoms with van der Waals surface area (Å²) in [7, 11) is 0. The average Bonchev–Trinajstić information content (AvgIpc) is 0.979. The zero-order chi connectivity index (χ0) is 67.5. The Hall–Kier alpha value is -1.99. The van der Waals surface area contributed by atoms with Crippen molar-refractivity contribution in [2.24, 2.45) is 0 Å². The lowest BCUT2D eigenvalue weighted by molar-refractivity contribution is -0.379. The second-order valence-electron chi connectivity index (χ2n) is 27.1. The van der Waals surface area contributed by atoms with Crippen LogP contribution < -0.4 is 5.32 Å². The van der Waals surface area contributed by atoms with Crippen molar-refractivity contribution in [1.82, 2.24) is 5.32 Å². The molecule has 546 valence electrons. The van der Waals surface area contributed by atoms with Crippen molar-refractivity contribution in [2.45, 2.75) is 401 Å². The lowest BCUT2D eigenvalue weighted by Gasteiger charge is -2.48. The van der Waals surface area contributed by atoms with E-state index in [0.717, 1.165) is 44.9 Å². The molecule has 12 N–H and O–H groups in total. The molecule has 0 aromatic rings. The molecule has 0 aromatic carbocycles. The minimum atomic E-state index is -1.98. The fraction of sp³-hybridized carbons (Fsp3) is 0.905. The molecule has 1 amide bonds. The van der Waals surface area contributed by atoms with Crippen LogP contribution in [0.2, 0.25) is 0 Å². The molecule has 3 heterocycles. The van der Waals surface area contributed by atoms with Gasteiger partial charge in [-0.25, -0.2) is 0 Å². The summed E-state index contributed by atoms with van der Waals surface area (Å²) in [5.74, 6) is -0.284. The Morgan fingerprint density at radius 1 is 0.376 bits per heavy atom. The zero-order valence-electron chi connectivity index (χ0n) is 58.0. The maximum atomic E-state index is 13.4. The molecule has 0 bridgehead atoms. The number of nitrogens with one attached hydrogen (secondary N) is 1. The minimum absolute atomic E-state index is 0.236. The Bertz CT molecular complexity index is 1830. The minimum Gasteiger partial charge on any atom is -0.394 e. The van der Waals surface area contributed by atoms with Gasteiger partial charge in [0.15, 0.2) is 18.9 Å². The first-order valence-corrected chi connectivity index (χ1v) is 37.7. The Morgan fingerprint density at radius 2 is 0.688 bits per heavy atom. The number of hydrogen-bond acceptors (Lipinski definition) is 18. The van der Waals surface area contributed by atoms with Gasteiger partial charge >= 0.3 is 0 Å². The van der Waals surface area contributed by atoms with Crippen LogP contribution in [-0.4, -0.2) is 193 Å². The van der Waals surface area contributed by atoms with Crippen molar-refractivity contribution in [3.8, 4) is 0 Å². The maximum absolute atomic E-state index is 13.4.